The van der Waals surface area contributed by atoms with E-state index in [-0.39, 0.29) is 5.41 Å². The predicted molar refractivity (Wildman–Crippen MR) is 76.3 cm³/mol. The first-order valence-corrected chi connectivity index (χ1v) is 7.96. The number of rotatable bonds is 2. The first kappa shape index (κ1) is 14.3. The van der Waals surface area contributed by atoms with Gasteiger partial charge in [0.05, 0.1) is 5.60 Å². The lowest BCUT2D eigenvalue weighted by atomic mass is 9.56. The van der Waals surface area contributed by atoms with Gasteiger partial charge in [-0.1, -0.05) is 46.0 Å². The zero-order valence-electron chi connectivity index (χ0n) is 12.3. The van der Waals surface area contributed by atoms with E-state index in [9.17, 15) is 5.11 Å². The highest BCUT2D eigenvalue weighted by molar-refractivity contribution is 5.05. The zero-order valence-corrected chi connectivity index (χ0v) is 12.3. The van der Waals surface area contributed by atoms with Gasteiger partial charge in [-0.05, 0) is 37.5 Å². The van der Waals surface area contributed by atoms with Crippen molar-refractivity contribution in [2.24, 2.45) is 23.0 Å². The van der Waals surface area contributed by atoms with Gasteiger partial charge in [-0.2, -0.15) is 0 Å². The fraction of sp³-hybridized carbons (Fsp3) is 1.00. The lowest BCUT2D eigenvalue weighted by molar-refractivity contribution is -0.156. The van der Waals surface area contributed by atoms with Crippen molar-refractivity contribution in [3.8, 4) is 0 Å². The van der Waals surface area contributed by atoms with Gasteiger partial charge in [0.15, 0.2) is 0 Å². The molecule has 2 heteroatoms. The van der Waals surface area contributed by atoms with Gasteiger partial charge in [0.1, 0.15) is 0 Å². The van der Waals surface area contributed by atoms with Crippen molar-refractivity contribution in [3.05, 3.63) is 0 Å². The SMILES string of the molecule is CC1CCC(C)C(O)(C2(CN)CCCCCC2)C1. The summed E-state index contributed by atoms with van der Waals surface area (Å²) in [6.45, 7) is 5.20. The van der Waals surface area contributed by atoms with Crippen LogP contribution in [0.25, 0.3) is 0 Å². The molecule has 0 aliphatic heterocycles. The van der Waals surface area contributed by atoms with Gasteiger partial charge in [-0.3, -0.25) is 0 Å². The third kappa shape index (κ3) is 2.34. The molecule has 0 bridgehead atoms. The van der Waals surface area contributed by atoms with Crippen LogP contribution in [-0.4, -0.2) is 17.3 Å². The Labute approximate surface area is 112 Å². The Balaban J connectivity index is 2.27. The molecule has 106 valence electrons. The minimum atomic E-state index is -0.510. The van der Waals surface area contributed by atoms with Gasteiger partial charge in [0, 0.05) is 12.0 Å². The first-order chi connectivity index (χ1) is 8.54. The summed E-state index contributed by atoms with van der Waals surface area (Å²) in [6, 6.07) is 0. The Morgan fingerprint density at radius 1 is 1.06 bits per heavy atom. The van der Waals surface area contributed by atoms with Crippen molar-refractivity contribution in [2.75, 3.05) is 6.54 Å². The molecule has 2 aliphatic carbocycles. The van der Waals surface area contributed by atoms with Crippen molar-refractivity contribution >= 4 is 0 Å². The molecule has 0 radical (unpaired) electrons. The molecule has 0 aromatic rings. The fourth-order valence-electron chi connectivity index (χ4n) is 4.57. The van der Waals surface area contributed by atoms with Crippen LogP contribution in [0.2, 0.25) is 0 Å². The quantitative estimate of drug-likeness (QED) is 0.740. The number of hydrogen-bond donors (Lipinski definition) is 2. The van der Waals surface area contributed by atoms with Crippen LogP contribution >= 0.6 is 0 Å². The summed E-state index contributed by atoms with van der Waals surface area (Å²) in [5.41, 5.74) is 5.66. The van der Waals surface area contributed by atoms with Crippen LogP contribution in [0.4, 0.5) is 0 Å². The van der Waals surface area contributed by atoms with E-state index in [1.807, 2.05) is 0 Å². The highest BCUT2D eigenvalue weighted by Crippen LogP contribution is 2.53. The van der Waals surface area contributed by atoms with Crippen LogP contribution in [0.5, 0.6) is 0 Å². The Kier molecular flexibility index (Phi) is 4.38. The Bertz CT molecular complexity index is 270. The molecule has 0 saturated heterocycles. The van der Waals surface area contributed by atoms with Crippen molar-refractivity contribution in [1.29, 1.82) is 0 Å². The van der Waals surface area contributed by atoms with E-state index >= 15 is 0 Å². The fourth-order valence-corrected chi connectivity index (χ4v) is 4.57. The lowest BCUT2D eigenvalue weighted by Crippen LogP contribution is -2.58. The van der Waals surface area contributed by atoms with Gasteiger partial charge >= 0.3 is 0 Å². The van der Waals surface area contributed by atoms with Crippen molar-refractivity contribution in [2.45, 2.75) is 77.2 Å². The van der Waals surface area contributed by atoms with E-state index in [1.165, 1.54) is 38.5 Å². The Morgan fingerprint density at radius 2 is 1.67 bits per heavy atom. The molecule has 0 spiro atoms. The summed E-state index contributed by atoms with van der Waals surface area (Å²) in [4.78, 5) is 0. The van der Waals surface area contributed by atoms with Crippen LogP contribution in [-0.2, 0) is 0 Å². The second-order valence-electron chi connectivity index (χ2n) is 7.11. The van der Waals surface area contributed by atoms with Crippen molar-refractivity contribution in [3.63, 3.8) is 0 Å². The normalized spacial score (nSPS) is 41.3. The molecule has 18 heavy (non-hydrogen) atoms. The van der Waals surface area contributed by atoms with E-state index in [0.29, 0.717) is 18.4 Å². The molecule has 0 heterocycles. The van der Waals surface area contributed by atoms with Gasteiger partial charge in [-0.25, -0.2) is 0 Å². The summed E-state index contributed by atoms with van der Waals surface area (Å²) in [7, 11) is 0. The molecule has 2 aliphatic rings. The van der Waals surface area contributed by atoms with E-state index in [4.69, 9.17) is 5.73 Å². The molecule has 3 unspecified atom stereocenters. The van der Waals surface area contributed by atoms with Crippen molar-refractivity contribution in [1.82, 2.24) is 0 Å². The van der Waals surface area contributed by atoms with Crippen molar-refractivity contribution < 1.29 is 5.11 Å². The summed E-state index contributed by atoms with van der Waals surface area (Å²) in [5.74, 6) is 1.06. The summed E-state index contributed by atoms with van der Waals surface area (Å²) < 4.78 is 0. The Hall–Kier alpha value is -0.0800. The molecule has 0 aromatic heterocycles. The van der Waals surface area contributed by atoms with Crippen LogP contribution in [0.1, 0.15) is 71.6 Å². The average molecular weight is 253 g/mol. The summed E-state index contributed by atoms with van der Waals surface area (Å²) >= 11 is 0. The van der Waals surface area contributed by atoms with E-state index in [0.717, 1.165) is 19.3 Å². The second-order valence-corrected chi connectivity index (χ2v) is 7.11. The minimum absolute atomic E-state index is 0.00238. The lowest BCUT2D eigenvalue weighted by Gasteiger charge is -2.54. The highest BCUT2D eigenvalue weighted by atomic mass is 16.3. The molecule has 2 nitrogen and oxygen atoms in total. The molecule has 2 saturated carbocycles. The van der Waals surface area contributed by atoms with Crippen LogP contribution < -0.4 is 5.73 Å². The van der Waals surface area contributed by atoms with E-state index in [1.54, 1.807) is 0 Å². The minimum Gasteiger partial charge on any atom is -0.389 e. The second kappa shape index (κ2) is 5.50. The first-order valence-electron chi connectivity index (χ1n) is 7.96. The highest BCUT2D eigenvalue weighted by Gasteiger charge is 2.53. The standard InChI is InChI=1S/C16H31NO/c1-13-7-8-14(2)16(18,11-13)15(12-17)9-5-3-4-6-10-15/h13-14,18H,3-12,17H2,1-2H3. The molecule has 3 atom stereocenters. The van der Waals surface area contributed by atoms with E-state index in [2.05, 4.69) is 13.8 Å². The van der Waals surface area contributed by atoms with Gasteiger partial charge in [0.25, 0.3) is 0 Å². The predicted octanol–water partition coefficient (Wildman–Crippen LogP) is 3.47. The smallest absolute Gasteiger partial charge is 0.0743 e. The van der Waals surface area contributed by atoms with Crippen LogP contribution in [0.3, 0.4) is 0 Å². The molecule has 3 N–H and O–H groups in total. The zero-order chi connectivity index (χ0) is 13.2. The maximum atomic E-state index is 11.4. The van der Waals surface area contributed by atoms with Gasteiger partial charge in [-0.15, -0.1) is 0 Å². The topological polar surface area (TPSA) is 46.2 Å². The third-order valence-corrected chi connectivity index (χ3v) is 5.94. The summed E-state index contributed by atoms with van der Waals surface area (Å²) in [5, 5.41) is 11.4. The number of hydrogen-bond acceptors (Lipinski definition) is 2. The summed E-state index contributed by atoms with van der Waals surface area (Å²) in [6.07, 6.45) is 10.8. The number of aliphatic hydroxyl groups is 1. The Morgan fingerprint density at radius 3 is 2.22 bits per heavy atom. The molecular formula is C16H31NO. The average Bonchev–Trinajstić information content (AvgIpc) is 2.60. The number of nitrogens with two attached hydrogens (primary N) is 1. The van der Waals surface area contributed by atoms with Crippen LogP contribution in [0, 0.1) is 17.3 Å². The molecule has 2 fully saturated rings. The largest absolute Gasteiger partial charge is 0.389 e. The van der Waals surface area contributed by atoms with E-state index < -0.39 is 5.60 Å². The molecular weight excluding hydrogens is 222 g/mol. The van der Waals surface area contributed by atoms with Gasteiger partial charge in [0.2, 0.25) is 0 Å². The van der Waals surface area contributed by atoms with Gasteiger partial charge < -0.3 is 10.8 Å². The third-order valence-electron chi connectivity index (χ3n) is 5.94. The maximum absolute atomic E-state index is 11.4. The molecule has 2 rings (SSSR count). The maximum Gasteiger partial charge on any atom is 0.0743 e. The molecule has 0 amide bonds. The monoisotopic (exact) mass is 253 g/mol. The van der Waals surface area contributed by atoms with Crippen LogP contribution in [0.15, 0.2) is 0 Å². The molecule has 0 aromatic carbocycles.